The molecule has 0 aromatic carbocycles. The summed E-state index contributed by atoms with van der Waals surface area (Å²) in [6, 6.07) is -0.976. The van der Waals surface area contributed by atoms with Crippen molar-refractivity contribution in [3.8, 4) is 0 Å². The number of aliphatic carboxylic acids is 1. The van der Waals surface area contributed by atoms with E-state index >= 15 is 0 Å². The Labute approximate surface area is 114 Å². The van der Waals surface area contributed by atoms with E-state index in [4.69, 9.17) is 10.2 Å². The Bertz CT molecular complexity index is 403. The highest BCUT2D eigenvalue weighted by Gasteiger charge is 2.50. The Morgan fingerprint density at radius 1 is 1.37 bits per heavy atom. The molecule has 7 nitrogen and oxygen atoms in total. The van der Waals surface area contributed by atoms with Crippen molar-refractivity contribution in [1.82, 2.24) is 10.2 Å². The molecule has 0 aromatic rings. The molecule has 2 aliphatic rings. The van der Waals surface area contributed by atoms with Crippen LogP contribution in [0.15, 0.2) is 0 Å². The van der Waals surface area contributed by atoms with Gasteiger partial charge in [0.25, 0.3) is 0 Å². The van der Waals surface area contributed by atoms with Crippen LogP contribution in [0.1, 0.15) is 25.7 Å². The van der Waals surface area contributed by atoms with Gasteiger partial charge in [-0.3, -0.25) is 4.79 Å². The number of unbranched alkanes of at least 4 members (excludes halogenated alkanes) is 1. The van der Waals surface area contributed by atoms with Crippen LogP contribution in [0.2, 0.25) is 0 Å². The molecule has 3 amide bonds. The van der Waals surface area contributed by atoms with Gasteiger partial charge in [-0.1, -0.05) is 6.42 Å². The van der Waals surface area contributed by atoms with Crippen LogP contribution in [-0.2, 0) is 4.79 Å². The second-order valence-corrected chi connectivity index (χ2v) is 5.98. The van der Waals surface area contributed by atoms with E-state index in [1.165, 1.54) is 0 Å². The third-order valence-electron chi connectivity index (χ3n) is 3.47. The maximum atomic E-state index is 11.5. The van der Waals surface area contributed by atoms with Crippen LogP contribution in [0.5, 0.6) is 0 Å². The molecule has 2 saturated heterocycles. The normalized spacial score (nSPS) is 29.2. The fourth-order valence-electron chi connectivity index (χ4n) is 2.58. The zero-order valence-corrected chi connectivity index (χ0v) is 11.1. The average Bonchev–Trinajstić information content (AvgIpc) is 2.82. The summed E-state index contributed by atoms with van der Waals surface area (Å²) in [6.07, 6.45) is 1.12. The van der Waals surface area contributed by atoms with Gasteiger partial charge in [-0.2, -0.15) is 11.8 Å². The number of carbonyl (C=O) groups is 3. The maximum absolute atomic E-state index is 11.5. The lowest BCUT2D eigenvalue weighted by atomic mass is 10.0. The van der Waals surface area contributed by atoms with Gasteiger partial charge in [0.05, 0.1) is 12.1 Å². The number of nitrogens with one attached hydrogen (secondary N) is 1. The summed E-state index contributed by atoms with van der Waals surface area (Å²) < 4.78 is 0. The number of carboxylic acids is 1. The predicted molar refractivity (Wildman–Crippen MR) is 68.3 cm³/mol. The van der Waals surface area contributed by atoms with Gasteiger partial charge >= 0.3 is 18.1 Å². The molecule has 2 rings (SSSR count). The molecule has 2 aliphatic heterocycles. The van der Waals surface area contributed by atoms with E-state index in [0.29, 0.717) is 12.2 Å². The van der Waals surface area contributed by atoms with E-state index < -0.39 is 18.1 Å². The topological polar surface area (TPSA) is 107 Å². The van der Waals surface area contributed by atoms with Crippen molar-refractivity contribution in [2.75, 3.05) is 5.75 Å². The van der Waals surface area contributed by atoms with Crippen molar-refractivity contribution in [3.63, 3.8) is 0 Å². The van der Waals surface area contributed by atoms with E-state index in [2.05, 4.69) is 5.32 Å². The number of urea groups is 1. The largest absolute Gasteiger partial charge is 0.481 e. The van der Waals surface area contributed by atoms with Crippen molar-refractivity contribution in [2.45, 2.75) is 43.0 Å². The van der Waals surface area contributed by atoms with Crippen LogP contribution >= 0.6 is 11.8 Å². The summed E-state index contributed by atoms with van der Waals surface area (Å²) in [4.78, 5) is 33.8. The predicted octanol–water partition coefficient (Wildman–Crippen LogP) is 1.19. The lowest BCUT2D eigenvalue weighted by Crippen LogP contribution is -2.40. The van der Waals surface area contributed by atoms with Gasteiger partial charge in [-0.05, 0) is 12.8 Å². The number of thioether (sulfide) groups is 1. The molecule has 0 radical (unpaired) electrons. The van der Waals surface area contributed by atoms with E-state index in [-0.39, 0.29) is 23.8 Å². The first kappa shape index (κ1) is 14.0. The number of hydrogen-bond donors (Lipinski definition) is 3. The molecule has 106 valence electrons. The Kier molecular flexibility index (Phi) is 4.18. The Morgan fingerprint density at radius 3 is 2.74 bits per heavy atom. The molecule has 0 bridgehead atoms. The maximum Gasteiger partial charge on any atom is 0.415 e. The minimum Gasteiger partial charge on any atom is -0.481 e. The average molecular weight is 288 g/mol. The Morgan fingerprint density at radius 2 is 2.11 bits per heavy atom. The van der Waals surface area contributed by atoms with E-state index in [1.54, 1.807) is 11.8 Å². The fourth-order valence-corrected chi connectivity index (χ4v) is 4.17. The van der Waals surface area contributed by atoms with E-state index in [9.17, 15) is 14.4 Å². The smallest absolute Gasteiger partial charge is 0.415 e. The monoisotopic (exact) mass is 288 g/mol. The third kappa shape index (κ3) is 2.94. The number of amides is 3. The van der Waals surface area contributed by atoms with Crippen molar-refractivity contribution in [1.29, 1.82) is 0 Å². The van der Waals surface area contributed by atoms with Gasteiger partial charge in [0, 0.05) is 17.4 Å². The van der Waals surface area contributed by atoms with Crippen molar-refractivity contribution >= 4 is 29.9 Å². The van der Waals surface area contributed by atoms with Gasteiger partial charge < -0.3 is 15.5 Å². The number of nitrogens with zero attached hydrogens (tertiary/aromatic N) is 1. The van der Waals surface area contributed by atoms with E-state index in [0.717, 1.165) is 17.7 Å². The van der Waals surface area contributed by atoms with Gasteiger partial charge in [0.15, 0.2) is 0 Å². The highest BCUT2D eigenvalue weighted by Crippen LogP contribution is 2.36. The van der Waals surface area contributed by atoms with Gasteiger partial charge in [0.2, 0.25) is 0 Å². The summed E-state index contributed by atoms with van der Waals surface area (Å²) in [6.45, 7) is 0. The minimum atomic E-state index is -1.21. The molecule has 0 aromatic heterocycles. The van der Waals surface area contributed by atoms with Crippen LogP contribution in [0.25, 0.3) is 0 Å². The summed E-state index contributed by atoms with van der Waals surface area (Å²) >= 11 is 1.65. The first-order valence-electron chi connectivity index (χ1n) is 6.16. The molecule has 8 heteroatoms. The highest BCUT2D eigenvalue weighted by atomic mass is 32.2. The Hall–Kier alpha value is -1.44. The molecule has 3 N–H and O–H groups in total. The summed E-state index contributed by atoms with van der Waals surface area (Å²) in [5, 5.41) is 20.4. The van der Waals surface area contributed by atoms with Crippen LogP contribution in [0.4, 0.5) is 9.59 Å². The lowest BCUT2D eigenvalue weighted by Gasteiger charge is -2.17. The van der Waals surface area contributed by atoms with Crippen LogP contribution in [-0.4, -0.2) is 56.3 Å². The zero-order valence-electron chi connectivity index (χ0n) is 10.2. The van der Waals surface area contributed by atoms with Crippen molar-refractivity contribution in [2.24, 2.45) is 0 Å². The molecule has 2 fully saturated rings. The Balaban J connectivity index is 1.85. The van der Waals surface area contributed by atoms with Crippen molar-refractivity contribution < 1.29 is 24.6 Å². The quantitative estimate of drug-likeness (QED) is 0.518. The standard InChI is InChI=1S/C11H16N2O5S/c14-8(15)4-2-1-3-7-9-6(5-19-7)13(11(17)18)10(16)12-9/h6-7,9H,1-5H2,(H,12,16)(H,14,15)(H,17,18)/t6-,7?,9-/m0/s1. The second-order valence-electron chi connectivity index (χ2n) is 4.71. The number of carboxylic acid groups (broad SMARTS) is 2. The van der Waals surface area contributed by atoms with Gasteiger partial charge in [0.1, 0.15) is 0 Å². The number of imide groups is 1. The molecular formula is C11H16N2O5S. The molecule has 0 spiro atoms. The van der Waals surface area contributed by atoms with Crippen LogP contribution < -0.4 is 5.32 Å². The zero-order chi connectivity index (χ0) is 14.0. The molecule has 19 heavy (non-hydrogen) atoms. The molecule has 1 unspecified atom stereocenters. The molecular weight excluding hydrogens is 272 g/mol. The first-order valence-corrected chi connectivity index (χ1v) is 7.21. The summed E-state index contributed by atoms with van der Waals surface area (Å²) in [5.41, 5.74) is 0. The number of rotatable bonds is 5. The minimum absolute atomic E-state index is 0.140. The van der Waals surface area contributed by atoms with Crippen LogP contribution in [0, 0.1) is 0 Å². The molecule has 3 atom stereocenters. The van der Waals surface area contributed by atoms with Gasteiger partial charge in [-0.15, -0.1) is 0 Å². The second kappa shape index (κ2) is 5.68. The first-order chi connectivity index (χ1) is 9.00. The van der Waals surface area contributed by atoms with Gasteiger partial charge in [-0.25, -0.2) is 14.5 Å². The fraction of sp³-hybridized carbons (Fsp3) is 0.727. The number of carbonyl (C=O) groups excluding carboxylic acids is 1. The summed E-state index contributed by atoms with van der Waals surface area (Å²) in [7, 11) is 0. The number of hydrogen-bond acceptors (Lipinski definition) is 4. The molecule has 0 saturated carbocycles. The molecule has 0 aliphatic carbocycles. The van der Waals surface area contributed by atoms with Crippen molar-refractivity contribution in [3.05, 3.63) is 0 Å². The number of fused-ring (bicyclic) bond motifs is 1. The third-order valence-corrected chi connectivity index (χ3v) is 4.96. The van der Waals surface area contributed by atoms with Crippen LogP contribution in [0.3, 0.4) is 0 Å². The molecule has 2 heterocycles. The van der Waals surface area contributed by atoms with E-state index in [1.807, 2.05) is 0 Å². The summed E-state index contributed by atoms with van der Waals surface area (Å²) in [5.74, 6) is -0.192. The lowest BCUT2D eigenvalue weighted by molar-refractivity contribution is -0.137. The highest BCUT2D eigenvalue weighted by molar-refractivity contribution is 8.00. The SMILES string of the molecule is O=C(O)CCCCC1SC[C@H]2[C@@H]1NC(=O)N2C(=O)O.